The highest BCUT2D eigenvalue weighted by atomic mass is 32.2. The first-order chi connectivity index (χ1) is 9.40. The van der Waals surface area contributed by atoms with Crippen molar-refractivity contribution in [3.8, 4) is 0 Å². The lowest BCUT2D eigenvalue weighted by Gasteiger charge is -2.39. The fourth-order valence-electron chi connectivity index (χ4n) is 2.48. The molecule has 0 spiro atoms. The number of sulfonamides is 1. The highest BCUT2D eigenvalue weighted by molar-refractivity contribution is 7.90. The number of primary sulfonamides is 1. The molecular formula is C13H17N3O3S. The number of fused-ring (bicyclic) bond motifs is 1. The number of nitrogens with zero attached hydrogens (tertiary/aromatic N) is 1. The van der Waals surface area contributed by atoms with Gasteiger partial charge in [0.05, 0.1) is 0 Å². The molecule has 2 aromatic rings. The maximum absolute atomic E-state index is 11.7. The summed E-state index contributed by atoms with van der Waals surface area (Å²) in [6.07, 6.45) is 2.04. The van der Waals surface area contributed by atoms with Crippen molar-refractivity contribution in [1.29, 1.82) is 0 Å². The number of hydrogen-bond acceptors (Lipinski definition) is 5. The SMILES string of the molecule is Cc1ccc2oc(NCC3(S(N)(=O)=O)CCC3)nc2c1. The van der Waals surface area contributed by atoms with Crippen LogP contribution in [-0.2, 0) is 10.0 Å². The summed E-state index contributed by atoms with van der Waals surface area (Å²) in [5.41, 5.74) is 2.53. The van der Waals surface area contributed by atoms with Crippen LogP contribution in [0.5, 0.6) is 0 Å². The molecule has 1 heterocycles. The first-order valence-electron chi connectivity index (χ1n) is 6.53. The van der Waals surface area contributed by atoms with Gasteiger partial charge in [0.1, 0.15) is 10.3 Å². The first kappa shape index (κ1) is 13.4. The van der Waals surface area contributed by atoms with Crippen LogP contribution in [0.15, 0.2) is 22.6 Å². The van der Waals surface area contributed by atoms with Crippen LogP contribution < -0.4 is 10.5 Å². The molecule has 20 heavy (non-hydrogen) atoms. The summed E-state index contributed by atoms with van der Waals surface area (Å²) in [5, 5.41) is 8.28. The standard InChI is InChI=1S/C13H17N3O3S/c1-9-3-4-11-10(7-9)16-12(19-11)15-8-13(5-2-6-13)20(14,17)18/h3-4,7H,2,5-6,8H2,1H3,(H,15,16)(H2,14,17,18). The molecule has 0 amide bonds. The van der Waals surface area contributed by atoms with Crippen molar-refractivity contribution in [2.24, 2.45) is 5.14 Å². The lowest BCUT2D eigenvalue weighted by Crippen LogP contribution is -2.53. The number of aryl methyl sites for hydroxylation is 1. The van der Waals surface area contributed by atoms with Crippen molar-refractivity contribution in [2.45, 2.75) is 30.9 Å². The minimum atomic E-state index is -3.57. The van der Waals surface area contributed by atoms with Crippen molar-refractivity contribution in [3.05, 3.63) is 23.8 Å². The number of benzene rings is 1. The predicted molar refractivity (Wildman–Crippen MR) is 76.9 cm³/mol. The van der Waals surface area contributed by atoms with E-state index in [1.807, 2.05) is 25.1 Å². The Labute approximate surface area is 117 Å². The summed E-state index contributed by atoms with van der Waals surface area (Å²) in [7, 11) is -3.57. The van der Waals surface area contributed by atoms with Gasteiger partial charge in [-0.15, -0.1) is 0 Å². The molecule has 1 aromatic heterocycles. The van der Waals surface area contributed by atoms with E-state index in [1.54, 1.807) is 0 Å². The second kappa shape index (κ2) is 4.46. The second-order valence-corrected chi connectivity index (χ2v) is 7.38. The smallest absolute Gasteiger partial charge is 0.295 e. The summed E-state index contributed by atoms with van der Waals surface area (Å²) in [5.74, 6) is 0. The molecule has 1 fully saturated rings. The molecule has 3 rings (SSSR count). The van der Waals surface area contributed by atoms with Crippen molar-refractivity contribution >= 4 is 27.1 Å². The van der Waals surface area contributed by atoms with Crippen molar-refractivity contribution < 1.29 is 12.8 Å². The lowest BCUT2D eigenvalue weighted by atomic mass is 9.84. The van der Waals surface area contributed by atoms with Crippen LogP contribution >= 0.6 is 0 Å². The third-order valence-corrected chi connectivity index (χ3v) is 5.73. The lowest BCUT2D eigenvalue weighted by molar-refractivity contribution is 0.349. The molecule has 7 heteroatoms. The van der Waals surface area contributed by atoms with Gasteiger partial charge in [0.25, 0.3) is 6.01 Å². The van der Waals surface area contributed by atoms with E-state index in [9.17, 15) is 8.42 Å². The van der Waals surface area contributed by atoms with Gasteiger partial charge in [-0.25, -0.2) is 13.6 Å². The number of hydrogen-bond donors (Lipinski definition) is 2. The van der Waals surface area contributed by atoms with Crippen LogP contribution in [0, 0.1) is 6.92 Å². The molecule has 0 atom stereocenters. The van der Waals surface area contributed by atoms with Crippen LogP contribution in [0.1, 0.15) is 24.8 Å². The van der Waals surface area contributed by atoms with E-state index in [0.717, 1.165) is 17.5 Å². The van der Waals surface area contributed by atoms with Gasteiger partial charge in [0.15, 0.2) is 5.58 Å². The first-order valence-corrected chi connectivity index (χ1v) is 8.08. The fraction of sp³-hybridized carbons (Fsp3) is 0.462. The zero-order valence-corrected chi connectivity index (χ0v) is 12.0. The molecule has 108 valence electrons. The molecule has 6 nitrogen and oxygen atoms in total. The normalized spacial score (nSPS) is 17.9. The summed E-state index contributed by atoms with van der Waals surface area (Å²) in [4.78, 5) is 4.30. The summed E-state index contributed by atoms with van der Waals surface area (Å²) in [6, 6.07) is 6.04. The third kappa shape index (κ3) is 2.16. The average molecular weight is 295 g/mol. The summed E-state index contributed by atoms with van der Waals surface area (Å²) >= 11 is 0. The molecule has 1 saturated carbocycles. The van der Waals surface area contributed by atoms with Crippen LogP contribution in [0.2, 0.25) is 0 Å². The zero-order valence-electron chi connectivity index (χ0n) is 11.2. The van der Waals surface area contributed by atoms with E-state index < -0.39 is 14.8 Å². The van der Waals surface area contributed by atoms with Gasteiger partial charge in [-0.05, 0) is 37.5 Å². The van der Waals surface area contributed by atoms with Crippen LogP contribution in [-0.4, -0.2) is 24.7 Å². The van der Waals surface area contributed by atoms with Gasteiger partial charge < -0.3 is 9.73 Å². The molecule has 1 aliphatic rings. The Bertz CT molecular complexity index is 747. The van der Waals surface area contributed by atoms with Crippen LogP contribution in [0.4, 0.5) is 6.01 Å². The molecule has 0 unspecified atom stereocenters. The van der Waals surface area contributed by atoms with Crippen LogP contribution in [0.25, 0.3) is 11.1 Å². The van der Waals surface area contributed by atoms with Crippen molar-refractivity contribution in [3.63, 3.8) is 0 Å². The highest BCUT2D eigenvalue weighted by Crippen LogP contribution is 2.38. The Morgan fingerprint density at radius 1 is 1.45 bits per heavy atom. The minimum Gasteiger partial charge on any atom is -0.424 e. The molecule has 1 aliphatic carbocycles. The van der Waals surface area contributed by atoms with Gasteiger partial charge in [0.2, 0.25) is 10.0 Å². The molecule has 0 saturated heterocycles. The number of nitrogens with two attached hydrogens (primary N) is 1. The maximum Gasteiger partial charge on any atom is 0.295 e. The van der Waals surface area contributed by atoms with Crippen molar-refractivity contribution in [1.82, 2.24) is 4.98 Å². The molecular weight excluding hydrogens is 278 g/mol. The molecule has 1 aromatic carbocycles. The summed E-state index contributed by atoms with van der Waals surface area (Å²) < 4.78 is 28.0. The molecule has 0 radical (unpaired) electrons. The fourth-order valence-corrected chi connectivity index (χ4v) is 3.61. The van der Waals surface area contributed by atoms with E-state index >= 15 is 0 Å². The largest absolute Gasteiger partial charge is 0.424 e. The summed E-state index contributed by atoms with van der Waals surface area (Å²) in [6.45, 7) is 2.21. The Hall–Kier alpha value is -1.60. The van der Waals surface area contributed by atoms with E-state index in [0.29, 0.717) is 24.4 Å². The highest BCUT2D eigenvalue weighted by Gasteiger charge is 2.47. The van der Waals surface area contributed by atoms with E-state index in [2.05, 4.69) is 10.3 Å². The number of rotatable bonds is 4. The Morgan fingerprint density at radius 3 is 2.80 bits per heavy atom. The van der Waals surface area contributed by atoms with Crippen LogP contribution in [0.3, 0.4) is 0 Å². The number of nitrogens with one attached hydrogen (secondary N) is 1. The Kier molecular flexibility index (Phi) is 2.98. The van der Waals surface area contributed by atoms with E-state index in [1.165, 1.54) is 0 Å². The van der Waals surface area contributed by atoms with Gasteiger partial charge in [0, 0.05) is 6.54 Å². The van der Waals surface area contributed by atoms with E-state index in [-0.39, 0.29) is 6.54 Å². The quantitative estimate of drug-likeness (QED) is 0.895. The topological polar surface area (TPSA) is 98.2 Å². The number of oxazole rings is 1. The van der Waals surface area contributed by atoms with E-state index in [4.69, 9.17) is 9.56 Å². The Morgan fingerprint density at radius 2 is 2.20 bits per heavy atom. The monoisotopic (exact) mass is 295 g/mol. The predicted octanol–water partition coefficient (Wildman–Crippen LogP) is 1.76. The molecule has 0 bridgehead atoms. The molecule has 3 N–H and O–H groups in total. The van der Waals surface area contributed by atoms with Gasteiger partial charge in [-0.2, -0.15) is 4.98 Å². The third-order valence-electron chi connectivity index (χ3n) is 3.97. The van der Waals surface area contributed by atoms with Gasteiger partial charge in [-0.3, -0.25) is 0 Å². The maximum atomic E-state index is 11.7. The zero-order chi connectivity index (χ0) is 14.4. The minimum absolute atomic E-state index is 0.234. The average Bonchev–Trinajstić information content (AvgIpc) is 2.67. The second-order valence-electron chi connectivity index (χ2n) is 5.43. The van der Waals surface area contributed by atoms with Crippen molar-refractivity contribution in [2.75, 3.05) is 11.9 Å². The number of aromatic nitrogens is 1. The van der Waals surface area contributed by atoms with Gasteiger partial charge >= 0.3 is 0 Å². The van der Waals surface area contributed by atoms with Gasteiger partial charge in [-0.1, -0.05) is 12.5 Å². The number of anilines is 1. The molecule has 0 aliphatic heterocycles. The Balaban J connectivity index is 1.80.